The van der Waals surface area contributed by atoms with Crippen LogP contribution in [0.4, 0.5) is 0 Å². The zero-order valence-electron chi connectivity index (χ0n) is 6.92. The van der Waals surface area contributed by atoms with Crippen LogP contribution in [0, 0.1) is 0 Å². The highest BCUT2D eigenvalue weighted by atomic mass is 16.3. The van der Waals surface area contributed by atoms with Crippen LogP contribution in [0.2, 0.25) is 0 Å². The number of hydrogen-bond donors (Lipinski definition) is 1. The van der Waals surface area contributed by atoms with Crippen LogP contribution in [0.1, 0.15) is 26.2 Å². The van der Waals surface area contributed by atoms with Crippen molar-refractivity contribution < 1.29 is 9.90 Å². The van der Waals surface area contributed by atoms with Crippen LogP contribution in [-0.4, -0.2) is 35.1 Å². The lowest BCUT2D eigenvalue weighted by molar-refractivity contribution is -0.134. The average molecular weight is 157 g/mol. The van der Waals surface area contributed by atoms with Crippen molar-refractivity contribution in [1.29, 1.82) is 0 Å². The second-order valence-electron chi connectivity index (χ2n) is 2.98. The number of carbonyl (C=O) groups is 1. The fraction of sp³-hybridized carbons (Fsp3) is 0.875. The average Bonchev–Trinajstić information content (AvgIpc) is 2.81. The van der Waals surface area contributed by atoms with Gasteiger partial charge in [0, 0.05) is 12.6 Å². The van der Waals surface area contributed by atoms with E-state index in [-0.39, 0.29) is 12.5 Å². The Bertz CT molecular complexity index is 143. The molecule has 1 saturated carbocycles. The smallest absolute Gasteiger partial charge is 0.248 e. The van der Waals surface area contributed by atoms with Gasteiger partial charge in [0.2, 0.25) is 5.91 Å². The Balaban J connectivity index is 2.37. The number of rotatable bonds is 4. The fourth-order valence-corrected chi connectivity index (χ4v) is 1.23. The maximum Gasteiger partial charge on any atom is 0.248 e. The molecule has 1 aliphatic carbocycles. The van der Waals surface area contributed by atoms with Gasteiger partial charge in [-0.05, 0) is 19.3 Å². The molecule has 0 saturated heterocycles. The molecule has 1 fully saturated rings. The Morgan fingerprint density at radius 2 is 2.27 bits per heavy atom. The maximum atomic E-state index is 11.1. The first-order chi connectivity index (χ1) is 5.29. The summed E-state index contributed by atoms with van der Waals surface area (Å²) in [6, 6.07) is 0.439. The van der Waals surface area contributed by atoms with E-state index in [0.717, 1.165) is 25.8 Å². The van der Waals surface area contributed by atoms with Gasteiger partial charge in [-0.3, -0.25) is 4.79 Å². The van der Waals surface area contributed by atoms with Crippen molar-refractivity contribution in [3.05, 3.63) is 0 Å². The second kappa shape index (κ2) is 3.72. The lowest BCUT2D eigenvalue weighted by atomic mass is 10.4. The normalized spacial score (nSPS) is 16.5. The largest absolute Gasteiger partial charge is 0.387 e. The third kappa shape index (κ3) is 2.19. The van der Waals surface area contributed by atoms with Crippen molar-refractivity contribution >= 4 is 5.91 Å². The van der Waals surface area contributed by atoms with E-state index in [1.54, 1.807) is 4.90 Å². The highest BCUT2D eigenvalue weighted by Crippen LogP contribution is 2.26. The van der Waals surface area contributed by atoms with Gasteiger partial charge in [0.15, 0.2) is 0 Å². The van der Waals surface area contributed by atoms with Crippen molar-refractivity contribution in [3.8, 4) is 0 Å². The van der Waals surface area contributed by atoms with Crippen molar-refractivity contribution in [2.75, 3.05) is 13.2 Å². The number of hydrogen-bond acceptors (Lipinski definition) is 2. The standard InChI is InChI=1S/C8H15NO2/c1-2-5-9(7-3-4-7)8(11)6-10/h7,10H,2-6H2,1H3. The molecule has 0 spiro atoms. The topological polar surface area (TPSA) is 40.5 Å². The van der Waals surface area contributed by atoms with Gasteiger partial charge < -0.3 is 10.0 Å². The molecule has 0 aromatic heterocycles. The summed E-state index contributed by atoms with van der Waals surface area (Å²) in [5.74, 6) is -0.116. The third-order valence-electron chi connectivity index (χ3n) is 1.91. The predicted octanol–water partition coefficient (Wildman–Crippen LogP) is 0.380. The molecule has 0 heterocycles. The Morgan fingerprint density at radius 1 is 1.64 bits per heavy atom. The van der Waals surface area contributed by atoms with Gasteiger partial charge >= 0.3 is 0 Å². The number of aliphatic hydroxyl groups is 1. The highest BCUT2D eigenvalue weighted by molar-refractivity contribution is 5.77. The summed E-state index contributed by atoms with van der Waals surface area (Å²) in [5, 5.41) is 8.62. The zero-order valence-corrected chi connectivity index (χ0v) is 6.92. The lowest BCUT2D eigenvalue weighted by Crippen LogP contribution is -2.35. The van der Waals surface area contributed by atoms with E-state index in [4.69, 9.17) is 5.11 Å². The first-order valence-corrected chi connectivity index (χ1v) is 4.20. The van der Waals surface area contributed by atoms with Crippen molar-refractivity contribution in [2.24, 2.45) is 0 Å². The SMILES string of the molecule is CCCN(C(=O)CO)C1CC1. The molecule has 0 radical (unpaired) electrons. The number of carbonyl (C=O) groups excluding carboxylic acids is 1. The van der Waals surface area contributed by atoms with Crippen molar-refractivity contribution in [2.45, 2.75) is 32.2 Å². The van der Waals surface area contributed by atoms with Crippen LogP contribution in [-0.2, 0) is 4.79 Å². The minimum atomic E-state index is -0.337. The lowest BCUT2D eigenvalue weighted by Gasteiger charge is -2.20. The molecule has 1 N–H and O–H groups in total. The number of nitrogens with zero attached hydrogens (tertiary/aromatic N) is 1. The molecule has 11 heavy (non-hydrogen) atoms. The Kier molecular flexibility index (Phi) is 2.88. The van der Waals surface area contributed by atoms with Crippen molar-refractivity contribution in [3.63, 3.8) is 0 Å². The van der Waals surface area contributed by atoms with E-state index in [2.05, 4.69) is 0 Å². The maximum absolute atomic E-state index is 11.1. The van der Waals surface area contributed by atoms with E-state index in [1.807, 2.05) is 6.92 Å². The van der Waals surface area contributed by atoms with Crippen LogP contribution in [0.3, 0.4) is 0 Å². The molecular formula is C8H15NO2. The van der Waals surface area contributed by atoms with Gasteiger partial charge in [-0.1, -0.05) is 6.92 Å². The minimum Gasteiger partial charge on any atom is -0.387 e. The van der Waals surface area contributed by atoms with Crippen LogP contribution in [0.5, 0.6) is 0 Å². The molecule has 0 unspecified atom stereocenters. The second-order valence-corrected chi connectivity index (χ2v) is 2.98. The number of amides is 1. The van der Waals surface area contributed by atoms with E-state index in [0.29, 0.717) is 6.04 Å². The minimum absolute atomic E-state index is 0.116. The summed E-state index contributed by atoms with van der Waals surface area (Å²) in [4.78, 5) is 12.9. The van der Waals surface area contributed by atoms with Crippen LogP contribution >= 0.6 is 0 Å². The fourth-order valence-electron chi connectivity index (χ4n) is 1.23. The summed E-state index contributed by atoms with van der Waals surface area (Å²) < 4.78 is 0. The van der Waals surface area contributed by atoms with Crippen LogP contribution < -0.4 is 0 Å². The quantitative estimate of drug-likeness (QED) is 0.641. The van der Waals surface area contributed by atoms with E-state index < -0.39 is 0 Å². The molecule has 0 aromatic rings. The summed E-state index contributed by atoms with van der Waals surface area (Å²) >= 11 is 0. The summed E-state index contributed by atoms with van der Waals surface area (Å²) in [6.07, 6.45) is 3.21. The van der Waals surface area contributed by atoms with E-state index in [1.165, 1.54) is 0 Å². The first-order valence-electron chi connectivity index (χ1n) is 4.20. The van der Waals surface area contributed by atoms with Gasteiger partial charge in [0.25, 0.3) is 0 Å². The van der Waals surface area contributed by atoms with Gasteiger partial charge in [0.1, 0.15) is 6.61 Å². The molecule has 0 aliphatic heterocycles. The number of aliphatic hydroxyl groups excluding tert-OH is 1. The van der Waals surface area contributed by atoms with Crippen LogP contribution in [0.15, 0.2) is 0 Å². The monoisotopic (exact) mass is 157 g/mol. The summed E-state index contributed by atoms with van der Waals surface area (Å²) in [7, 11) is 0. The zero-order chi connectivity index (χ0) is 8.27. The Labute approximate surface area is 67.0 Å². The molecule has 0 aromatic carbocycles. The molecule has 1 aliphatic rings. The molecule has 64 valence electrons. The van der Waals surface area contributed by atoms with Gasteiger partial charge in [-0.2, -0.15) is 0 Å². The van der Waals surface area contributed by atoms with Gasteiger partial charge in [0.05, 0.1) is 0 Å². The third-order valence-corrected chi connectivity index (χ3v) is 1.91. The van der Waals surface area contributed by atoms with Gasteiger partial charge in [-0.25, -0.2) is 0 Å². The molecular weight excluding hydrogens is 142 g/mol. The molecule has 0 atom stereocenters. The molecule has 1 rings (SSSR count). The summed E-state index contributed by atoms with van der Waals surface area (Å²) in [5.41, 5.74) is 0. The Morgan fingerprint density at radius 3 is 2.64 bits per heavy atom. The molecule has 1 amide bonds. The Hall–Kier alpha value is -0.570. The van der Waals surface area contributed by atoms with Gasteiger partial charge in [-0.15, -0.1) is 0 Å². The van der Waals surface area contributed by atoms with E-state index >= 15 is 0 Å². The molecule has 3 nitrogen and oxygen atoms in total. The van der Waals surface area contributed by atoms with Crippen molar-refractivity contribution in [1.82, 2.24) is 4.90 Å². The predicted molar refractivity (Wildman–Crippen MR) is 42.1 cm³/mol. The summed E-state index contributed by atoms with van der Waals surface area (Å²) in [6.45, 7) is 2.50. The highest BCUT2D eigenvalue weighted by Gasteiger charge is 2.31. The molecule has 3 heteroatoms. The first kappa shape index (κ1) is 8.53. The van der Waals surface area contributed by atoms with Crippen LogP contribution in [0.25, 0.3) is 0 Å². The van der Waals surface area contributed by atoms with E-state index in [9.17, 15) is 4.79 Å². The molecule has 0 bridgehead atoms.